The van der Waals surface area contributed by atoms with E-state index in [2.05, 4.69) is 40.4 Å². The molecule has 0 fully saturated rings. The van der Waals surface area contributed by atoms with Crippen LogP contribution in [0, 0.1) is 13.8 Å². The maximum atomic E-state index is 14.0. The van der Waals surface area contributed by atoms with Crippen molar-refractivity contribution in [3.63, 3.8) is 0 Å². The number of carbonyl (C=O) groups is 1. The minimum absolute atomic E-state index is 0.207. The lowest BCUT2D eigenvalue weighted by molar-refractivity contribution is -0.113. The summed E-state index contributed by atoms with van der Waals surface area (Å²) >= 11 is 5.30. The highest BCUT2D eigenvalue weighted by Gasteiger charge is 2.35. The molecule has 1 aliphatic heterocycles. The van der Waals surface area contributed by atoms with Crippen LogP contribution in [0.1, 0.15) is 62.8 Å². The first-order valence-corrected chi connectivity index (χ1v) is 15.0. The molecule has 4 rings (SSSR count). The van der Waals surface area contributed by atoms with Gasteiger partial charge in [0.1, 0.15) is 6.04 Å². The number of aryl methyl sites for hydroxylation is 1. The molecular formula is C29H36BrN5O3S. The zero-order valence-electron chi connectivity index (χ0n) is 23.4. The highest BCUT2D eigenvalue weighted by Crippen LogP contribution is 2.43. The van der Waals surface area contributed by atoms with Crippen LogP contribution in [0.15, 0.2) is 51.2 Å². The number of thioether (sulfide) groups is 1. The summed E-state index contributed by atoms with van der Waals surface area (Å²) in [5, 5.41) is 12.0. The van der Waals surface area contributed by atoms with Gasteiger partial charge in [-0.3, -0.25) is 4.79 Å². The van der Waals surface area contributed by atoms with Gasteiger partial charge in [0.05, 0.1) is 23.8 Å². The number of hydrogen-bond donors (Lipinski definition) is 2. The van der Waals surface area contributed by atoms with Crippen molar-refractivity contribution in [1.82, 2.24) is 14.8 Å². The van der Waals surface area contributed by atoms with E-state index in [0.717, 1.165) is 51.9 Å². The van der Waals surface area contributed by atoms with Crippen molar-refractivity contribution < 1.29 is 14.3 Å². The maximum absolute atomic E-state index is 14.0. The number of methoxy groups -OCH3 is 1. The number of nitrogens with zero attached hydrogens (tertiary/aromatic N) is 3. The number of rotatable bonds is 11. The number of hydrogen-bond acceptors (Lipinski definition) is 7. The Balaban J connectivity index is 1.81. The van der Waals surface area contributed by atoms with Gasteiger partial charge in [-0.05, 0) is 84.4 Å². The number of nitrogens with one attached hydrogen (secondary N) is 2. The fraction of sp³-hybridized carbons (Fsp3) is 0.414. The molecular weight excluding hydrogens is 578 g/mol. The quantitative estimate of drug-likeness (QED) is 0.173. The highest BCUT2D eigenvalue weighted by atomic mass is 79.9. The van der Waals surface area contributed by atoms with Gasteiger partial charge in [0, 0.05) is 17.1 Å². The molecule has 10 heteroatoms. The van der Waals surface area contributed by atoms with Gasteiger partial charge in [0.15, 0.2) is 11.5 Å². The molecule has 0 bridgehead atoms. The summed E-state index contributed by atoms with van der Waals surface area (Å²) in [5.41, 5.74) is 5.01. The first-order chi connectivity index (χ1) is 18.8. The van der Waals surface area contributed by atoms with Crippen molar-refractivity contribution in [1.29, 1.82) is 0 Å². The molecule has 2 N–H and O–H groups in total. The van der Waals surface area contributed by atoms with Crippen molar-refractivity contribution in [3.8, 4) is 11.5 Å². The molecule has 0 spiro atoms. The second kappa shape index (κ2) is 12.9. The van der Waals surface area contributed by atoms with Gasteiger partial charge >= 0.3 is 0 Å². The van der Waals surface area contributed by atoms with Crippen LogP contribution >= 0.6 is 27.7 Å². The van der Waals surface area contributed by atoms with Crippen molar-refractivity contribution >= 4 is 45.2 Å². The number of carbonyl (C=O) groups excluding carboxylic acids is 1. The third kappa shape index (κ3) is 6.27. The predicted octanol–water partition coefficient (Wildman–Crippen LogP) is 7.27. The third-order valence-corrected chi connectivity index (χ3v) is 8.19. The van der Waals surface area contributed by atoms with E-state index in [1.165, 1.54) is 0 Å². The molecule has 2 heterocycles. The van der Waals surface area contributed by atoms with Gasteiger partial charge in [-0.15, -0.1) is 5.10 Å². The van der Waals surface area contributed by atoms with Crippen LogP contribution < -0.4 is 20.1 Å². The number of amides is 1. The van der Waals surface area contributed by atoms with Crippen LogP contribution in [0.2, 0.25) is 0 Å². The lowest BCUT2D eigenvalue weighted by Gasteiger charge is -2.29. The number of aromatic nitrogens is 3. The molecule has 0 saturated heterocycles. The van der Waals surface area contributed by atoms with Crippen molar-refractivity contribution in [2.24, 2.45) is 0 Å². The Bertz CT molecular complexity index is 1390. The monoisotopic (exact) mass is 613 g/mol. The molecule has 0 radical (unpaired) electrons. The zero-order valence-corrected chi connectivity index (χ0v) is 25.8. The Labute approximate surface area is 243 Å². The van der Waals surface area contributed by atoms with Crippen molar-refractivity contribution in [2.75, 3.05) is 30.1 Å². The van der Waals surface area contributed by atoms with Gasteiger partial charge in [0.25, 0.3) is 5.91 Å². The van der Waals surface area contributed by atoms with E-state index in [-0.39, 0.29) is 5.91 Å². The predicted molar refractivity (Wildman–Crippen MR) is 161 cm³/mol. The van der Waals surface area contributed by atoms with Crippen LogP contribution in [0.25, 0.3) is 0 Å². The van der Waals surface area contributed by atoms with Crippen LogP contribution in [-0.2, 0) is 4.79 Å². The van der Waals surface area contributed by atoms with E-state index in [1.54, 1.807) is 23.6 Å². The van der Waals surface area contributed by atoms with Crippen LogP contribution in [0.5, 0.6) is 11.5 Å². The lowest BCUT2D eigenvalue weighted by Crippen LogP contribution is -2.31. The maximum Gasteiger partial charge on any atom is 0.255 e. The summed E-state index contributed by atoms with van der Waals surface area (Å²) in [4.78, 5) is 18.7. The molecule has 8 nitrogen and oxygen atoms in total. The van der Waals surface area contributed by atoms with Gasteiger partial charge in [-0.2, -0.15) is 4.98 Å². The Morgan fingerprint density at radius 2 is 2.00 bits per heavy atom. The number of unbranched alkanes of at least 4 members (excludes halogenated alkanes) is 1. The van der Waals surface area contributed by atoms with Gasteiger partial charge in [-0.25, -0.2) is 4.68 Å². The average Bonchev–Trinajstić information content (AvgIpc) is 3.31. The average molecular weight is 615 g/mol. The molecule has 1 unspecified atom stereocenters. The second-order valence-corrected chi connectivity index (χ2v) is 11.4. The van der Waals surface area contributed by atoms with Gasteiger partial charge in [0.2, 0.25) is 11.1 Å². The SMILES string of the molecule is CCCCSc1nc2n(n1)C(c1cc(Br)c(OCCC)c(OC)c1)C(C(=O)Nc1cccc(C)c1C)=C(C)N2. The molecule has 39 heavy (non-hydrogen) atoms. The summed E-state index contributed by atoms with van der Waals surface area (Å²) in [6.45, 7) is 10.7. The van der Waals surface area contributed by atoms with Crippen molar-refractivity contribution in [3.05, 3.63) is 62.8 Å². The molecule has 1 amide bonds. The minimum Gasteiger partial charge on any atom is -0.493 e. The Morgan fingerprint density at radius 1 is 1.21 bits per heavy atom. The standard InChI is InChI=1S/C29H36BrN5O3S/c1-7-9-14-39-29-33-28-31-19(5)24(27(36)32-22-12-10-11-17(3)18(22)4)25(35(28)34-29)20-15-21(30)26(38-13-8-2)23(16-20)37-6/h10-12,15-16,25H,7-9,13-14H2,1-6H3,(H,32,36)(H,31,33,34). The third-order valence-electron chi connectivity index (χ3n) is 6.68. The number of fused-ring (bicyclic) bond motifs is 1. The van der Waals surface area contributed by atoms with E-state index in [9.17, 15) is 4.79 Å². The molecule has 208 valence electrons. The Morgan fingerprint density at radius 3 is 2.72 bits per heavy atom. The molecule has 0 aliphatic carbocycles. The minimum atomic E-state index is -0.537. The summed E-state index contributed by atoms with van der Waals surface area (Å²) in [7, 11) is 1.62. The summed E-state index contributed by atoms with van der Waals surface area (Å²) in [6, 6.07) is 9.25. The van der Waals surface area contributed by atoms with Crippen LogP contribution in [0.4, 0.5) is 11.6 Å². The summed E-state index contributed by atoms with van der Waals surface area (Å²) in [5.74, 6) is 2.54. The first-order valence-electron chi connectivity index (χ1n) is 13.2. The zero-order chi connectivity index (χ0) is 28.1. The number of allylic oxidation sites excluding steroid dienone is 1. The number of ether oxygens (including phenoxy) is 2. The first kappa shape index (κ1) is 29.0. The van der Waals surface area contributed by atoms with E-state index in [1.807, 2.05) is 51.1 Å². The van der Waals surface area contributed by atoms with Gasteiger partial charge < -0.3 is 20.1 Å². The molecule has 3 aromatic rings. The van der Waals surface area contributed by atoms with E-state index in [4.69, 9.17) is 19.6 Å². The largest absolute Gasteiger partial charge is 0.493 e. The van der Waals surface area contributed by atoms with E-state index in [0.29, 0.717) is 40.5 Å². The molecule has 2 aromatic carbocycles. The number of halogens is 1. The Hall–Kier alpha value is -2.98. The highest BCUT2D eigenvalue weighted by molar-refractivity contribution is 9.10. The number of anilines is 2. The van der Waals surface area contributed by atoms with Crippen molar-refractivity contribution in [2.45, 2.75) is 65.1 Å². The number of benzene rings is 2. The van der Waals surface area contributed by atoms with E-state index < -0.39 is 6.04 Å². The molecule has 1 aromatic heterocycles. The lowest BCUT2D eigenvalue weighted by atomic mass is 9.94. The fourth-order valence-electron chi connectivity index (χ4n) is 4.42. The molecule has 1 aliphatic rings. The smallest absolute Gasteiger partial charge is 0.255 e. The molecule has 1 atom stereocenters. The summed E-state index contributed by atoms with van der Waals surface area (Å²) < 4.78 is 14.2. The molecule has 0 saturated carbocycles. The van der Waals surface area contributed by atoms with Gasteiger partial charge in [-0.1, -0.05) is 44.2 Å². The van der Waals surface area contributed by atoms with E-state index >= 15 is 0 Å². The topological polar surface area (TPSA) is 90.3 Å². The fourth-order valence-corrected chi connectivity index (χ4v) is 5.91. The summed E-state index contributed by atoms with van der Waals surface area (Å²) in [6.07, 6.45) is 3.05. The second-order valence-electron chi connectivity index (χ2n) is 9.51. The van der Waals surface area contributed by atoms with Crippen LogP contribution in [0.3, 0.4) is 0 Å². The normalized spacial score (nSPS) is 14.6. The van der Waals surface area contributed by atoms with Crippen LogP contribution in [-0.4, -0.2) is 40.1 Å². The Kier molecular flexibility index (Phi) is 9.61.